The number of aromatic nitrogens is 2. The molecule has 4 aromatic rings. The van der Waals surface area contributed by atoms with Gasteiger partial charge in [0.2, 0.25) is 10.0 Å². The number of rotatable bonds is 6. The third kappa shape index (κ3) is 5.11. The van der Waals surface area contributed by atoms with Crippen molar-refractivity contribution in [2.24, 2.45) is 0 Å². The number of nitrogens with zero attached hydrogens (tertiary/aromatic N) is 2. The Bertz CT molecular complexity index is 1560. The van der Waals surface area contributed by atoms with E-state index in [0.717, 1.165) is 5.56 Å². The molecule has 0 bridgehead atoms. The summed E-state index contributed by atoms with van der Waals surface area (Å²) in [5.41, 5.74) is 1.94. The number of H-pyrrole nitrogens is 1. The summed E-state index contributed by atoms with van der Waals surface area (Å²) in [4.78, 5) is 34.0. The molecular formula is C27H27N5O4S. The molecule has 3 aromatic carbocycles. The molecule has 1 aliphatic rings. The van der Waals surface area contributed by atoms with Gasteiger partial charge in [0.1, 0.15) is 0 Å². The van der Waals surface area contributed by atoms with E-state index < -0.39 is 10.0 Å². The van der Waals surface area contributed by atoms with Gasteiger partial charge in [-0.05, 0) is 43.5 Å². The van der Waals surface area contributed by atoms with Crippen molar-refractivity contribution in [1.29, 1.82) is 0 Å². The van der Waals surface area contributed by atoms with Gasteiger partial charge in [0.05, 0.1) is 4.90 Å². The van der Waals surface area contributed by atoms with Crippen LogP contribution in [0.25, 0.3) is 10.8 Å². The lowest BCUT2D eigenvalue weighted by Gasteiger charge is -2.31. The summed E-state index contributed by atoms with van der Waals surface area (Å²) < 4.78 is 29.7. The molecule has 190 valence electrons. The average Bonchev–Trinajstić information content (AvgIpc) is 3.44. The summed E-state index contributed by atoms with van der Waals surface area (Å²) in [6, 6.07) is 17.2. The predicted octanol–water partition coefficient (Wildman–Crippen LogP) is 3.71. The molecule has 0 unspecified atom stereocenters. The zero-order chi connectivity index (χ0) is 26.0. The molecule has 1 aliphatic heterocycles. The zero-order valence-corrected chi connectivity index (χ0v) is 21.1. The first-order valence-electron chi connectivity index (χ1n) is 12.0. The van der Waals surface area contributed by atoms with Crippen LogP contribution in [0.4, 0.5) is 5.69 Å². The van der Waals surface area contributed by atoms with Crippen molar-refractivity contribution < 1.29 is 18.0 Å². The first kappa shape index (κ1) is 24.7. The van der Waals surface area contributed by atoms with E-state index >= 15 is 0 Å². The highest BCUT2D eigenvalue weighted by molar-refractivity contribution is 7.89. The van der Waals surface area contributed by atoms with Gasteiger partial charge < -0.3 is 15.2 Å². The van der Waals surface area contributed by atoms with Crippen molar-refractivity contribution >= 4 is 38.3 Å². The van der Waals surface area contributed by atoms with Crippen molar-refractivity contribution in [3.63, 3.8) is 0 Å². The van der Waals surface area contributed by atoms with E-state index in [9.17, 15) is 18.0 Å². The Morgan fingerprint density at radius 1 is 0.973 bits per heavy atom. The minimum absolute atomic E-state index is 0.145. The Morgan fingerprint density at radius 3 is 2.43 bits per heavy atom. The topological polar surface area (TPSA) is 124 Å². The van der Waals surface area contributed by atoms with Crippen LogP contribution in [0.15, 0.2) is 78.0 Å². The Balaban J connectivity index is 1.33. The van der Waals surface area contributed by atoms with E-state index in [1.807, 2.05) is 19.1 Å². The lowest BCUT2D eigenvalue weighted by atomic mass is 10.1. The Hall–Kier alpha value is -4.02. The molecule has 1 fully saturated rings. The summed E-state index contributed by atoms with van der Waals surface area (Å²) in [6.45, 7) is 2.72. The van der Waals surface area contributed by atoms with Crippen molar-refractivity contribution in [3.8, 4) is 0 Å². The number of aromatic amines is 1. The summed E-state index contributed by atoms with van der Waals surface area (Å²) in [6.07, 6.45) is 4.11. The van der Waals surface area contributed by atoms with Crippen LogP contribution < -0.4 is 10.0 Å². The molecule has 2 heterocycles. The number of fused-ring (bicyclic) bond motifs is 1. The molecule has 0 spiro atoms. The summed E-state index contributed by atoms with van der Waals surface area (Å²) in [5, 5.41) is 4.08. The van der Waals surface area contributed by atoms with Crippen LogP contribution in [0.5, 0.6) is 0 Å². The number of imidazole rings is 1. The maximum absolute atomic E-state index is 13.4. The van der Waals surface area contributed by atoms with Gasteiger partial charge >= 0.3 is 0 Å². The molecule has 37 heavy (non-hydrogen) atoms. The van der Waals surface area contributed by atoms with E-state index in [1.165, 1.54) is 6.20 Å². The normalized spacial score (nSPS) is 14.6. The summed E-state index contributed by atoms with van der Waals surface area (Å²) in [7, 11) is -3.86. The molecule has 2 amide bonds. The van der Waals surface area contributed by atoms with Gasteiger partial charge in [-0.15, -0.1) is 0 Å². The highest BCUT2D eigenvalue weighted by Crippen LogP contribution is 2.30. The quantitative estimate of drug-likeness (QED) is 0.360. The zero-order valence-electron chi connectivity index (χ0n) is 20.3. The number of benzene rings is 3. The van der Waals surface area contributed by atoms with Gasteiger partial charge in [-0.1, -0.05) is 42.5 Å². The molecule has 0 saturated carbocycles. The van der Waals surface area contributed by atoms with Crippen molar-refractivity contribution in [2.45, 2.75) is 30.7 Å². The van der Waals surface area contributed by atoms with Gasteiger partial charge in [-0.25, -0.2) is 18.1 Å². The van der Waals surface area contributed by atoms with Gasteiger partial charge in [0.25, 0.3) is 11.8 Å². The second-order valence-corrected chi connectivity index (χ2v) is 10.7. The molecule has 10 heteroatoms. The van der Waals surface area contributed by atoms with Gasteiger partial charge in [-0.2, -0.15) is 0 Å². The van der Waals surface area contributed by atoms with Crippen molar-refractivity contribution in [3.05, 3.63) is 90.0 Å². The Kier molecular flexibility index (Phi) is 6.77. The minimum atomic E-state index is -3.86. The lowest BCUT2D eigenvalue weighted by molar-refractivity contribution is 0.0700. The van der Waals surface area contributed by atoms with Gasteiger partial charge in [0, 0.05) is 53.5 Å². The first-order valence-corrected chi connectivity index (χ1v) is 13.5. The first-order chi connectivity index (χ1) is 17.8. The summed E-state index contributed by atoms with van der Waals surface area (Å²) in [5.74, 6) is -0.173. The van der Waals surface area contributed by atoms with E-state index in [-0.39, 0.29) is 28.6 Å². The van der Waals surface area contributed by atoms with Crippen LogP contribution >= 0.6 is 0 Å². The number of carbonyl (C=O) groups excluding carboxylic acids is 2. The van der Waals surface area contributed by atoms with Crippen molar-refractivity contribution in [1.82, 2.24) is 19.6 Å². The van der Waals surface area contributed by atoms with Crippen LogP contribution in [-0.2, 0) is 10.0 Å². The number of hydrogen-bond acceptors (Lipinski definition) is 5. The van der Waals surface area contributed by atoms with Crippen LogP contribution in [0.1, 0.15) is 39.4 Å². The van der Waals surface area contributed by atoms with Crippen LogP contribution in [0, 0.1) is 6.92 Å². The second-order valence-electron chi connectivity index (χ2n) is 9.05. The van der Waals surface area contributed by atoms with E-state index in [4.69, 9.17) is 0 Å². The molecular weight excluding hydrogens is 490 g/mol. The third-order valence-electron chi connectivity index (χ3n) is 6.61. The van der Waals surface area contributed by atoms with Gasteiger partial charge in [0.15, 0.2) is 5.82 Å². The third-order valence-corrected chi connectivity index (χ3v) is 8.19. The molecule has 5 rings (SSSR count). The fraction of sp³-hybridized carbons (Fsp3) is 0.222. The highest BCUT2D eigenvalue weighted by atomic mass is 32.2. The fourth-order valence-corrected chi connectivity index (χ4v) is 6.18. The maximum Gasteiger partial charge on any atom is 0.289 e. The number of sulfonamides is 1. The molecule has 0 atom stereocenters. The fourth-order valence-electron chi connectivity index (χ4n) is 4.66. The number of carbonyl (C=O) groups is 2. The molecule has 1 aromatic heterocycles. The van der Waals surface area contributed by atoms with E-state index in [0.29, 0.717) is 48.0 Å². The SMILES string of the molecule is Cc1ccccc1C(=O)Nc1cccc2c(S(=O)(=O)NC3CCN(C(=O)c4ncc[nH]4)CC3)cccc12. The minimum Gasteiger partial charge on any atom is -0.341 e. The van der Waals surface area contributed by atoms with Crippen LogP contribution in [0.3, 0.4) is 0 Å². The second kappa shape index (κ2) is 10.2. The Labute approximate surface area is 215 Å². The standard InChI is InChI=1S/C27H27N5O4S/c1-18-6-2-3-7-20(18)26(33)30-23-10-4-9-22-21(23)8-5-11-24(22)37(35,36)31-19-12-16-32(17-13-19)27(34)25-28-14-15-29-25/h2-11,14-15,19,31H,12-13,16-17H2,1H3,(H,28,29)(H,30,33). The largest absolute Gasteiger partial charge is 0.341 e. The van der Waals surface area contributed by atoms with Crippen LogP contribution in [-0.4, -0.2) is 54.2 Å². The molecule has 0 radical (unpaired) electrons. The number of amides is 2. The molecule has 3 N–H and O–H groups in total. The molecule has 9 nitrogen and oxygen atoms in total. The number of aryl methyl sites for hydroxylation is 1. The van der Waals surface area contributed by atoms with Gasteiger partial charge in [-0.3, -0.25) is 9.59 Å². The lowest BCUT2D eigenvalue weighted by Crippen LogP contribution is -2.46. The van der Waals surface area contributed by atoms with Crippen LogP contribution in [0.2, 0.25) is 0 Å². The smallest absolute Gasteiger partial charge is 0.289 e. The average molecular weight is 518 g/mol. The number of likely N-dealkylation sites (tertiary alicyclic amines) is 1. The van der Waals surface area contributed by atoms with Crippen molar-refractivity contribution in [2.75, 3.05) is 18.4 Å². The highest BCUT2D eigenvalue weighted by Gasteiger charge is 2.29. The monoisotopic (exact) mass is 517 g/mol. The van der Waals surface area contributed by atoms with E-state index in [1.54, 1.807) is 59.6 Å². The predicted molar refractivity (Wildman–Crippen MR) is 141 cm³/mol. The maximum atomic E-state index is 13.4. The number of hydrogen-bond donors (Lipinski definition) is 3. The number of piperidine rings is 1. The molecule has 0 aliphatic carbocycles. The number of anilines is 1. The van der Waals surface area contributed by atoms with E-state index in [2.05, 4.69) is 20.0 Å². The Morgan fingerprint density at radius 2 is 1.70 bits per heavy atom. The molecule has 1 saturated heterocycles. The number of nitrogens with one attached hydrogen (secondary N) is 3. The summed E-state index contributed by atoms with van der Waals surface area (Å²) >= 11 is 0.